The summed E-state index contributed by atoms with van der Waals surface area (Å²) in [4.78, 5) is 9.29. The largest absolute Gasteiger partial charge is 0.308 e. The summed E-state index contributed by atoms with van der Waals surface area (Å²) in [5.74, 6) is 1.03. The number of pyridine rings is 1. The normalized spacial score (nSPS) is 10.8. The Hall–Kier alpha value is -2.67. The fourth-order valence-electron chi connectivity index (χ4n) is 2.68. The lowest BCUT2D eigenvalue weighted by Gasteiger charge is -2.09. The maximum absolute atomic E-state index is 9.28. The molecule has 0 fully saturated rings. The van der Waals surface area contributed by atoms with Crippen LogP contribution in [0.5, 0.6) is 0 Å². The molecule has 0 bridgehead atoms. The number of rotatable bonds is 4. The van der Waals surface area contributed by atoms with Gasteiger partial charge < -0.3 is 4.57 Å². The summed E-state index contributed by atoms with van der Waals surface area (Å²) in [7, 11) is 0. The molecule has 0 aliphatic carbocycles. The Morgan fingerprint density at radius 3 is 2.86 bits per heavy atom. The number of nitriles is 1. The van der Waals surface area contributed by atoms with Gasteiger partial charge in [0.15, 0.2) is 5.65 Å². The second kappa shape index (κ2) is 5.98. The lowest BCUT2D eigenvalue weighted by molar-refractivity contribution is 0.715. The van der Waals surface area contributed by atoms with Crippen LogP contribution in [-0.4, -0.2) is 14.5 Å². The second-order valence-electron chi connectivity index (χ2n) is 5.49. The van der Waals surface area contributed by atoms with Gasteiger partial charge in [-0.15, -0.1) is 0 Å². The summed E-state index contributed by atoms with van der Waals surface area (Å²) < 4.78 is 2.13. The van der Waals surface area contributed by atoms with Crippen molar-refractivity contribution in [2.24, 2.45) is 0 Å². The van der Waals surface area contributed by atoms with Gasteiger partial charge in [0.25, 0.3) is 0 Å². The summed E-state index contributed by atoms with van der Waals surface area (Å²) in [5, 5.41) is 9.28. The predicted octanol–water partition coefficient (Wildman–Crippen LogP) is 3.61. The van der Waals surface area contributed by atoms with Crippen molar-refractivity contribution < 1.29 is 0 Å². The first kappa shape index (κ1) is 14.3. The molecule has 0 spiro atoms. The molecule has 3 rings (SSSR count). The summed E-state index contributed by atoms with van der Waals surface area (Å²) >= 11 is 0. The highest BCUT2D eigenvalue weighted by atomic mass is 15.1. The van der Waals surface area contributed by atoms with E-state index in [4.69, 9.17) is 4.98 Å². The molecule has 0 atom stereocenters. The highest BCUT2D eigenvalue weighted by Gasteiger charge is 2.13. The molecule has 0 saturated heterocycles. The molecule has 22 heavy (non-hydrogen) atoms. The number of fused-ring (bicyclic) bond motifs is 1. The van der Waals surface area contributed by atoms with E-state index in [1.54, 1.807) is 0 Å². The van der Waals surface area contributed by atoms with Crippen molar-refractivity contribution >= 4 is 11.2 Å². The van der Waals surface area contributed by atoms with Crippen LogP contribution in [0.25, 0.3) is 11.2 Å². The number of imidazole rings is 1. The molecule has 4 nitrogen and oxygen atoms in total. The van der Waals surface area contributed by atoms with E-state index in [1.807, 2.05) is 37.4 Å². The van der Waals surface area contributed by atoms with E-state index >= 15 is 0 Å². The second-order valence-corrected chi connectivity index (χ2v) is 5.49. The summed E-state index contributed by atoms with van der Waals surface area (Å²) in [6, 6.07) is 12.0. The maximum atomic E-state index is 9.28. The maximum Gasteiger partial charge on any atom is 0.160 e. The number of benzene rings is 1. The average molecular weight is 290 g/mol. The third-order valence-electron chi connectivity index (χ3n) is 3.74. The highest BCUT2D eigenvalue weighted by Crippen LogP contribution is 2.19. The number of aromatic nitrogens is 3. The monoisotopic (exact) mass is 290 g/mol. The van der Waals surface area contributed by atoms with Crippen LogP contribution in [0.15, 0.2) is 36.5 Å². The first-order chi connectivity index (χ1) is 10.7. The smallest absolute Gasteiger partial charge is 0.160 e. The van der Waals surface area contributed by atoms with Crippen LogP contribution >= 0.6 is 0 Å². The molecule has 0 unspecified atom stereocenters. The third-order valence-corrected chi connectivity index (χ3v) is 3.74. The van der Waals surface area contributed by atoms with Crippen molar-refractivity contribution in [2.45, 2.75) is 33.2 Å². The van der Waals surface area contributed by atoms with Crippen molar-refractivity contribution in [1.29, 1.82) is 5.26 Å². The molecular weight excluding hydrogens is 272 g/mol. The van der Waals surface area contributed by atoms with Gasteiger partial charge in [-0.05, 0) is 36.6 Å². The Balaban J connectivity index is 2.12. The van der Waals surface area contributed by atoms with E-state index in [-0.39, 0.29) is 0 Å². The van der Waals surface area contributed by atoms with Gasteiger partial charge in [0.2, 0.25) is 0 Å². The van der Waals surface area contributed by atoms with Crippen molar-refractivity contribution in [2.75, 3.05) is 0 Å². The van der Waals surface area contributed by atoms with Gasteiger partial charge in [0.1, 0.15) is 11.3 Å². The number of hydrogen-bond acceptors (Lipinski definition) is 3. The fourth-order valence-corrected chi connectivity index (χ4v) is 2.68. The van der Waals surface area contributed by atoms with Crippen LogP contribution in [0, 0.1) is 18.3 Å². The number of nitrogens with zero attached hydrogens (tertiary/aromatic N) is 4. The minimum Gasteiger partial charge on any atom is -0.308 e. The molecule has 0 N–H and O–H groups in total. The standard InChI is InChI=1S/C18H18N4/c1-3-6-17-21-16-9-13(2)11-20-18(16)22(17)12-15-8-5-4-7-14(15)10-19/h4-5,7-9,11H,3,6,12H2,1-2H3. The zero-order chi connectivity index (χ0) is 15.5. The summed E-state index contributed by atoms with van der Waals surface area (Å²) in [6.45, 7) is 4.80. The highest BCUT2D eigenvalue weighted by molar-refractivity contribution is 5.72. The van der Waals surface area contributed by atoms with Crippen LogP contribution in [-0.2, 0) is 13.0 Å². The van der Waals surface area contributed by atoms with Crippen LogP contribution in [0.2, 0.25) is 0 Å². The molecule has 2 heterocycles. The van der Waals surface area contributed by atoms with Gasteiger partial charge in [-0.3, -0.25) is 0 Å². The minimum absolute atomic E-state index is 0.631. The lowest BCUT2D eigenvalue weighted by atomic mass is 10.1. The zero-order valence-electron chi connectivity index (χ0n) is 12.9. The van der Waals surface area contributed by atoms with Gasteiger partial charge in [-0.25, -0.2) is 9.97 Å². The third kappa shape index (κ3) is 2.58. The number of aryl methyl sites for hydroxylation is 2. The Morgan fingerprint density at radius 1 is 1.27 bits per heavy atom. The first-order valence-corrected chi connectivity index (χ1v) is 7.52. The lowest BCUT2D eigenvalue weighted by Crippen LogP contribution is -2.07. The quantitative estimate of drug-likeness (QED) is 0.737. The topological polar surface area (TPSA) is 54.5 Å². The molecule has 0 radical (unpaired) electrons. The van der Waals surface area contributed by atoms with Gasteiger partial charge in [0.05, 0.1) is 18.2 Å². The Labute approximate surface area is 130 Å². The van der Waals surface area contributed by atoms with Crippen LogP contribution in [0.4, 0.5) is 0 Å². The molecule has 4 heteroatoms. The van der Waals surface area contributed by atoms with Gasteiger partial charge in [-0.1, -0.05) is 25.1 Å². The van der Waals surface area contributed by atoms with Crippen LogP contribution in [0.1, 0.15) is 35.9 Å². The van der Waals surface area contributed by atoms with Crippen LogP contribution in [0.3, 0.4) is 0 Å². The van der Waals surface area contributed by atoms with E-state index in [0.29, 0.717) is 12.1 Å². The zero-order valence-corrected chi connectivity index (χ0v) is 12.9. The average Bonchev–Trinajstić information content (AvgIpc) is 2.85. The molecule has 1 aromatic carbocycles. The SMILES string of the molecule is CCCc1nc2cc(C)cnc2n1Cc1ccccc1C#N. The van der Waals surface area contributed by atoms with Gasteiger partial charge in [-0.2, -0.15) is 5.26 Å². The molecule has 0 aliphatic heterocycles. The molecular formula is C18H18N4. The number of hydrogen-bond donors (Lipinski definition) is 0. The van der Waals surface area contributed by atoms with E-state index in [0.717, 1.165) is 41.0 Å². The summed E-state index contributed by atoms with van der Waals surface area (Å²) in [5.41, 5.74) is 4.64. The first-order valence-electron chi connectivity index (χ1n) is 7.52. The Bertz CT molecular complexity index is 855. The predicted molar refractivity (Wildman–Crippen MR) is 86.5 cm³/mol. The molecule has 110 valence electrons. The van der Waals surface area contributed by atoms with Crippen molar-refractivity contribution in [3.05, 3.63) is 59.0 Å². The van der Waals surface area contributed by atoms with Crippen molar-refractivity contribution in [3.63, 3.8) is 0 Å². The van der Waals surface area contributed by atoms with Gasteiger partial charge >= 0.3 is 0 Å². The minimum atomic E-state index is 0.631. The summed E-state index contributed by atoms with van der Waals surface area (Å²) in [6.07, 6.45) is 3.80. The molecule has 0 amide bonds. The molecule has 0 saturated carbocycles. The Kier molecular flexibility index (Phi) is 3.88. The van der Waals surface area contributed by atoms with Crippen LogP contribution < -0.4 is 0 Å². The van der Waals surface area contributed by atoms with Crippen molar-refractivity contribution in [3.8, 4) is 6.07 Å². The fraction of sp³-hybridized carbons (Fsp3) is 0.278. The van der Waals surface area contributed by atoms with E-state index in [1.165, 1.54) is 0 Å². The van der Waals surface area contributed by atoms with Crippen molar-refractivity contribution in [1.82, 2.24) is 14.5 Å². The molecule has 2 aromatic heterocycles. The van der Waals surface area contributed by atoms with E-state index in [9.17, 15) is 5.26 Å². The molecule has 0 aliphatic rings. The Morgan fingerprint density at radius 2 is 2.09 bits per heavy atom. The van der Waals surface area contributed by atoms with Gasteiger partial charge in [0, 0.05) is 12.6 Å². The van der Waals surface area contributed by atoms with E-state index < -0.39 is 0 Å². The molecule has 3 aromatic rings. The van der Waals surface area contributed by atoms with E-state index in [2.05, 4.69) is 28.6 Å².